The molecular formula is C24H36N2OSi. The largest absolute Gasteiger partial charge is 0.408 e. The molecule has 1 aliphatic rings. The van der Waals surface area contributed by atoms with Crippen LogP contribution < -0.4 is 0 Å². The average Bonchev–Trinajstić information content (AvgIpc) is 2.67. The van der Waals surface area contributed by atoms with Crippen molar-refractivity contribution in [3.63, 3.8) is 0 Å². The van der Waals surface area contributed by atoms with Crippen molar-refractivity contribution < 1.29 is 4.43 Å². The van der Waals surface area contributed by atoms with Crippen molar-refractivity contribution in [3.8, 4) is 11.1 Å². The lowest BCUT2D eigenvalue weighted by molar-refractivity contribution is 0.0478. The van der Waals surface area contributed by atoms with Gasteiger partial charge in [0.1, 0.15) is 0 Å². The molecule has 1 aromatic carbocycles. The first-order valence-corrected chi connectivity index (χ1v) is 13.5. The Hall–Kier alpha value is -1.49. The molecule has 152 valence electrons. The number of piperidine rings is 1. The first-order valence-electron chi connectivity index (χ1n) is 10.6. The summed E-state index contributed by atoms with van der Waals surface area (Å²) in [5.41, 5.74) is 3.67. The molecule has 4 heteroatoms. The van der Waals surface area contributed by atoms with Gasteiger partial charge in [0.2, 0.25) is 0 Å². The number of aromatic nitrogens is 1. The molecule has 0 saturated carbocycles. The summed E-state index contributed by atoms with van der Waals surface area (Å²) < 4.78 is 7.03. The van der Waals surface area contributed by atoms with Crippen molar-refractivity contribution in [1.29, 1.82) is 0 Å². The van der Waals surface area contributed by atoms with E-state index >= 15 is 0 Å². The van der Waals surface area contributed by atoms with Crippen LogP contribution >= 0.6 is 0 Å². The molecule has 0 aliphatic carbocycles. The van der Waals surface area contributed by atoms with Crippen LogP contribution in [0.1, 0.15) is 51.7 Å². The molecule has 2 aromatic rings. The molecule has 1 saturated heterocycles. The zero-order valence-corrected chi connectivity index (χ0v) is 19.4. The van der Waals surface area contributed by atoms with Crippen LogP contribution in [-0.4, -0.2) is 37.8 Å². The van der Waals surface area contributed by atoms with E-state index in [1.54, 1.807) is 0 Å². The Morgan fingerprint density at radius 3 is 2.36 bits per heavy atom. The zero-order valence-electron chi connectivity index (χ0n) is 18.4. The van der Waals surface area contributed by atoms with Crippen LogP contribution in [0, 0.1) is 0 Å². The molecule has 2 heterocycles. The van der Waals surface area contributed by atoms with E-state index in [1.165, 1.54) is 30.4 Å². The SMILES string of the molecule is CN1CCCC[C@H]1[C@@H](O[Si](C)(C)C(C)(C)C)c1ccc(-c2cccnc2)cc1. The molecule has 3 nitrogen and oxygen atoms in total. The molecule has 0 spiro atoms. The van der Waals surface area contributed by atoms with E-state index < -0.39 is 8.32 Å². The van der Waals surface area contributed by atoms with Crippen LogP contribution in [0.15, 0.2) is 48.8 Å². The average molecular weight is 397 g/mol. The first kappa shape index (κ1) is 21.2. The van der Waals surface area contributed by atoms with Gasteiger partial charge >= 0.3 is 0 Å². The van der Waals surface area contributed by atoms with Gasteiger partial charge in [-0.25, -0.2) is 0 Å². The van der Waals surface area contributed by atoms with E-state index in [2.05, 4.69) is 81.1 Å². The number of likely N-dealkylation sites (tertiary alicyclic amines) is 1. The van der Waals surface area contributed by atoms with Gasteiger partial charge in [-0.15, -0.1) is 0 Å². The summed E-state index contributed by atoms with van der Waals surface area (Å²) >= 11 is 0. The lowest BCUT2D eigenvalue weighted by Crippen LogP contribution is -2.48. The van der Waals surface area contributed by atoms with Crippen LogP contribution in [-0.2, 0) is 4.43 Å². The maximum absolute atomic E-state index is 7.03. The summed E-state index contributed by atoms with van der Waals surface area (Å²) in [5.74, 6) is 0. The first-order chi connectivity index (χ1) is 13.2. The summed E-state index contributed by atoms with van der Waals surface area (Å²) in [6.07, 6.45) is 7.67. The second-order valence-corrected chi connectivity index (χ2v) is 14.5. The van der Waals surface area contributed by atoms with Crippen molar-refractivity contribution in [1.82, 2.24) is 9.88 Å². The number of nitrogens with zero attached hydrogens (tertiary/aromatic N) is 2. The van der Waals surface area contributed by atoms with Gasteiger partial charge in [0.25, 0.3) is 0 Å². The fraction of sp³-hybridized carbons (Fsp3) is 0.542. The van der Waals surface area contributed by atoms with E-state index in [9.17, 15) is 0 Å². The second kappa shape index (κ2) is 8.48. The van der Waals surface area contributed by atoms with Gasteiger partial charge in [0.05, 0.1) is 6.10 Å². The number of hydrogen-bond acceptors (Lipinski definition) is 3. The fourth-order valence-electron chi connectivity index (χ4n) is 3.75. The lowest BCUT2D eigenvalue weighted by atomic mass is 9.92. The number of pyridine rings is 1. The predicted octanol–water partition coefficient (Wildman–Crippen LogP) is 6.30. The van der Waals surface area contributed by atoms with Crippen LogP contribution in [0.4, 0.5) is 0 Å². The molecule has 0 unspecified atom stereocenters. The van der Waals surface area contributed by atoms with Crippen molar-refractivity contribution in [2.24, 2.45) is 0 Å². The Kier molecular flexibility index (Phi) is 6.43. The van der Waals surface area contributed by atoms with Crippen molar-refractivity contribution in [2.45, 2.75) is 70.3 Å². The molecule has 0 N–H and O–H groups in total. The molecule has 2 atom stereocenters. The Morgan fingerprint density at radius 2 is 1.79 bits per heavy atom. The van der Waals surface area contributed by atoms with Crippen molar-refractivity contribution >= 4 is 8.32 Å². The predicted molar refractivity (Wildman–Crippen MR) is 121 cm³/mol. The number of benzene rings is 1. The lowest BCUT2D eigenvalue weighted by Gasteiger charge is -2.45. The Bertz CT molecular complexity index is 752. The molecule has 1 aliphatic heterocycles. The summed E-state index contributed by atoms with van der Waals surface area (Å²) in [6.45, 7) is 12.9. The van der Waals surface area contributed by atoms with Crippen LogP contribution in [0.25, 0.3) is 11.1 Å². The van der Waals surface area contributed by atoms with Gasteiger partial charge in [-0.3, -0.25) is 4.98 Å². The Morgan fingerprint density at radius 1 is 1.07 bits per heavy atom. The van der Waals surface area contributed by atoms with E-state index in [-0.39, 0.29) is 11.1 Å². The summed E-state index contributed by atoms with van der Waals surface area (Å²) in [5, 5.41) is 0.203. The van der Waals surface area contributed by atoms with Crippen LogP contribution in [0.2, 0.25) is 18.1 Å². The van der Waals surface area contributed by atoms with Gasteiger partial charge in [-0.2, -0.15) is 0 Å². The topological polar surface area (TPSA) is 25.4 Å². The van der Waals surface area contributed by atoms with Crippen LogP contribution in [0.5, 0.6) is 0 Å². The van der Waals surface area contributed by atoms with Crippen LogP contribution in [0.3, 0.4) is 0 Å². The van der Waals surface area contributed by atoms with E-state index in [0.717, 1.165) is 12.1 Å². The third kappa shape index (κ3) is 4.73. The van der Waals surface area contributed by atoms with Gasteiger partial charge in [0, 0.05) is 18.4 Å². The molecule has 1 fully saturated rings. The van der Waals surface area contributed by atoms with E-state index in [1.807, 2.05) is 18.5 Å². The number of likely N-dealkylation sites (N-methyl/N-ethyl adjacent to an activating group) is 1. The molecular weight excluding hydrogens is 360 g/mol. The summed E-state index contributed by atoms with van der Waals surface area (Å²) in [4.78, 5) is 6.76. The Labute approximate surface area is 172 Å². The molecule has 0 bridgehead atoms. The minimum Gasteiger partial charge on any atom is -0.408 e. The minimum absolute atomic E-state index is 0.133. The van der Waals surface area contributed by atoms with Gasteiger partial charge in [0.15, 0.2) is 8.32 Å². The van der Waals surface area contributed by atoms with Gasteiger partial charge in [-0.05, 0) is 67.3 Å². The Balaban J connectivity index is 1.92. The van der Waals surface area contributed by atoms with Crippen molar-refractivity contribution in [2.75, 3.05) is 13.6 Å². The van der Waals surface area contributed by atoms with Gasteiger partial charge < -0.3 is 9.33 Å². The number of hydrogen-bond donors (Lipinski definition) is 0. The maximum Gasteiger partial charge on any atom is 0.192 e. The fourth-order valence-corrected chi connectivity index (χ4v) is 5.03. The third-order valence-corrected chi connectivity index (χ3v) is 11.1. The minimum atomic E-state index is -1.88. The zero-order chi connectivity index (χ0) is 20.4. The quantitative estimate of drug-likeness (QED) is 0.555. The highest BCUT2D eigenvalue weighted by atomic mass is 28.4. The number of rotatable bonds is 5. The highest BCUT2D eigenvalue weighted by Gasteiger charge is 2.42. The summed E-state index contributed by atoms with van der Waals surface area (Å²) in [7, 11) is 0.381. The molecule has 0 amide bonds. The molecule has 1 aromatic heterocycles. The van der Waals surface area contributed by atoms with Gasteiger partial charge in [-0.1, -0.05) is 57.5 Å². The highest BCUT2D eigenvalue weighted by Crippen LogP contribution is 2.42. The van der Waals surface area contributed by atoms with E-state index in [4.69, 9.17) is 4.43 Å². The van der Waals surface area contributed by atoms with Crippen molar-refractivity contribution in [3.05, 3.63) is 54.4 Å². The smallest absolute Gasteiger partial charge is 0.192 e. The monoisotopic (exact) mass is 396 g/mol. The molecule has 3 rings (SSSR count). The molecule has 28 heavy (non-hydrogen) atoms. The maximum atomic E-state index is 7.03. The standard InChI is InChI=1S/C24H36N2OSi/c1-24(2,3)28(5,6)27-23(22-11-7-8-17-26(22)4)20-14-12-19(13-15-20)21-10-9-16-25-18-21/h9-10,12-16,18,22-23H,7-8,11,17H2,1-6H3/t22-,23-/m0/s1. The third-order valence-electron chi connectivity index (χ3n) is 6.64. The summed E-state index contributed by atoms with van der Waals surface area (Å²) in [6, 6.07) is 13.5. The molecule has 0 radical (unpaired) electrons. The normalized spacial score (nSPS) is 20.1. The second-order valence-electron chi connectivity index (χ2n) is 9.71. The van der Waals surface area contributed by atoms with E-state index in [0.29, 0.717) is 6.04 Å². The highest BCUT2D eigenvalue weighted by molar-refractivity contribution is 6.74.